The Labute approximate surface area is 126 Å². The molecule has 1 fully saturated rings. The first kappa shape index (κ1) is 14.2. The molecule has 0 spiro atoms. The molecule has 20 heavy (non-hydrogen) atoms. The minimum Gasteiger partial charge on any atom is -0.326 e. The average molecular weight is 328 g/mol. The van der Waals surface area contributed by atoms with Crippen LogP contribution in [0.5, 0.6) is 0 Å². The first-order valence-electron chi connectivity index (χ1n) is 6.43. The van der Waals surface area contributed by atoms with Gasteiger partial charge in [0.25, 0.3) is 0 Å². The van der Waals surface area contributed by atoms with Crippen molar-refractivity contribution in [1.82, 2.24) is 4.31 Å². The lowest BCUT2D eigenvalue weighted by Gasteiger charge is -2.20. The van der Waals surface area contributed by atoms with Crippen molar-refractivity contribution in [3.05, 3.63) is 38.7 Å². The van der Waals surface area contributed by atoms with Crippen LogP contribution in [-0.4, -0.2) is 18.8 Å². The molecule has 0 aromatic carbocycles. The molecule has 4 nitrogen and oxygen atoms in total. The Morgan fingerprint density at radius 1 is 1.30 bits per heavy atom. The third-order valence-corrected chi connectivity index (χ3v) is 7.13. The maximum absolute atomic E-state index is 12.8. The lowest BCUT2D eigenvalue weighted by molar-refractivity contribution is 0.401. The second-order valence-electron chi connectivity index (χ2n) is 4.81. The quantitative estimate of drug-likeness (QED) is 0.886. The first-order chi connectivity index (χ1) is 9.61. The van der Waals surface area contributed by atoms with Crippen LogP contribution >= 0.6 is 22.7 Å². The fraction of sp³-hybridized carbons (Fsp3) is 0.385. The van der Waals surface area contributed by atoms with Gasteiger partial charge in [-0.2, -0.15) is 4.31 Å². The lowest BCUT2D eigenvalue weighted by atomic mass is 10.4. The average Bonchev–Trinajstić information content (AvgIpc) is 2.96. The van der Waals surface area contributed by atoms with Gasteiger partial charge in [-0.3, -0.25) is 0 Å². The summed E-state index contributed by atoms with van der Waals surface area (Å²) in [6.45, 7) is 0.854. The van der Waals surface area contributed by atoms with Gasteiger partial charge >= 0.3 is 0 Å². The molecule has 2 N–H and O–H groups in total. The molecule has 108 valence electrons. The highest BCUT2D eigenvalue weighted by Gasteiger charge is 2.38. The van der Waals surface area contributed by atoms with Gasteiger partial charge in [0, 0.05) is 34.3 Å². The molecule has 3 rings (SSSR count). The van der Waals surface area contributed by atoms with E-state index in [0.717, 1.165) is 22.6 Å². The van der Waals surface area contributed by atoms with Crippen molar-refractivity contribution in [2.75, 3.05) is 0 Å². The van der Waals surface area contributed by atoms with Gasteiger partial charge in [0.1, 0.15) is 0 Å². The van der Waals surface area contributed by atoms with Crippen LogP contribution in [0.2, 0.25) is 0 Å². The smallest absolute Gasteiger partial charge is 0.244 e. The van der Waals surface area contributed by atoms with Crippen LogP contribution in [0, 0.1) is 0 Å². The third kappa shape index (κ3) is 2.82. The number of nitrogens with two attached hydrogens (primary N) is 1. The van der Waals surface area contributed by atoms with Gasteiger partial charge < -0.3 is 5.73 Å². The van der Waals surface area contributed by atoms with Gasteiger partial charge in [-0.15, -0.1) is 22.7 Å². The summed E-state index contributed by atoms with van der Waals surface area (Å²) in [7, 11) is -3.41. The zero-order chi connectivity index (χ0) is 14.2. The summed E-state index contributed by atoms with van der Waals surface area (Å²) in [6, 6.07) is 5.79. The maximum atomic E-state index is 12.8. The Bertz CT molecular complexity index is 672. The summed E-state index contributed by atoms with van der Waals surface area (Å²) in [5.41, 5.74) is 5.57. The van der Waals surface area contributed by atoms with Crippen molar-refractivity contribution in [2.24, 2.45) is 5.73 Å². The molecule has 0 amide bonds. The van der Waals surface area contributed by atoms with Crippen molar-refractivity contribution >= 4 is 32.7 Å². The number of sulfonamides is 1. The second kappa shape index (κ2) is 5.57. The van der Waals surface area contributed by atoms with Crippen molar-refractivity contribution in [3.63, 3.8) is 0 Å². The van der Waals surface area contributed by atoms with E-state index < -0.39 is 10.0 Å². The van der Waals surface area contributed by atoms with Crippen LogP contribution in [-0.2, 0) is 23.1 Å². The first-order valence-corrected chi connectivity index (χ1v) is 9.63. The van der Waals surface area contributed by atoms with Gasteiger partial charge in [-0.05, 0) is 30.4 Å². The van der Waals surface area contributed by atoms with E-state index in [1.54, 1.807) is 27.1 Å². The summed E-state index contributed by atoms with van der Waals surface area (Å²) >= 11 is 3.00. The van der Waals surface area contributed by atoms with Crippen LogP contribution in [0.4, 0.5) is 0 Å². The zero-order valence-electron chi connectivity index (χ0n) is 10.9. The van der Waals surface area contributed by atoms with Gasteiger partial charge in [0.2, 0.25) is 10.0 Å². The Morgan fingerprint density at radius 2 is 2.10 bits per heavy atom. The molecular formula is C13H16N2O2S3. The maximum Gasteiger partial charge on any atom is 0.244 e. The summed E-state index contributed by atoms with van der Waals surface area (Å²) in [6.07, 6.45) is 1.91. The molecular weight excluding hydrogens is 312 g/mol. The molecule has 0 unspecified atom stereocenters. The zero-order valence-corrected chi connectivity index (χ0v) is 13.3. The van der Waals surface area contributed by atoms with Crippen molar-refractivity contribution in [1.29, 1.82) is 0 Å². The number of nitrogens with zero attached hydrogens (tertiary/aromatic N) is 1. The van der Waals surface area contributed by atoms with Crippen LogP contribution in [0.1, 0.15) is 22.6 Å². The summed E-state index contributed by atoms with van der Waals surface area (Å²) < 4.78 is 27.2. The van der Waals surface area contributed by atoms with Crippen LogP contribution < -0.4 is 5.73 Å². The molecule has 0 bridgehead atoms. The highest BCUT2D eigenvalue weighted by molar-refractivity contribution is 7.89. The van der Waals surface area contributed by atoms with Gasteiger partial charge in [0.15, 0.2) is 0 Å². The third-order valence-electron chi connectivity index (χ3n) is 3.28. The molecule has 0 radical (unpaired) electrons. The summed E-state index contributed by atoms with van der Waals surface area (Å²) in [5.74, 6) is 0. The molecule has 1 aliphatic rings. The molecule has 2 heterocycles. The van der Waals surface area contributed by atoms with E-state index in [1.165, 1.54) is 11.3 Å². The summed E-state index contributed by atoms with van der Waals surface area (Å²) in [4.78, 5) is 2.36. The Morgan fingerprint density at radius 3 is 2.65 bits per heavy atom. The normalized spacial score (nSPS) is 15.9. The van der Waals surface area contributed by atoms with Gasteiger partial charge in [0.05, 0.1) is 4.90 Å². The van der Waals surface area contributed by atoms with E-state index in [0.29, 0.717) is 18.0 Å². The predicted octanol–water partition coefficient (Wildman–Crippen LogP) is 2.62. The minimum absolute atomic E-state index is 0.156. The molecule has 2 aromatic rings. The molecule has 0 atom stereocenters. The Hall–Kier alpha value is -0.730. The van der Waals surface area contributed by atoms with Crippen molar-refractivity contribution in [2.45, 2.75) is 36.9 Å². The molecule has 0 saturated heterocycles. The van der Waals surface area contributed by atoms with Gasteiger partial charge in [-0.1, -0.05) is 6.07 Å². The van der Waals surface area contributed by atoms with E-state index in [2.05, 4.69) is 0 Å². The van der Waals surface area contributed by atoms with Crippen molar-refractivity contribution in [3.8, 4) is 0 Å². The number of hydrogen-bond donors (Lipinski definition) is 1. The molecule has 0 aliphatic heterocycles. The number of hydrogen-bond acceptors (Lipinski definition) is 5. The van der Waals surface area contributed by atoms with Crippen LogP contribution in [0.15, 0.2) is 33.9 Å². The van der Waals surface area contributed by atoms with E-state index in [4.69, 9.17) is 5.73 Å². The second-order valence-corrected chi connectivity index (χ2v) is 8.73. The van der Waals surface area contributed by atoms with E-state index in [-0.39, 0.29) is 6.04 Å². The fourth-order valence-electron chi connectivity index (χ4n) is 2.07. The fourth-order valence-corrected chi connectivity index (χ4v) is 5.66. The minimum atomic E-state index is -3.41. The highest BCUT2D eigenvalue weighted by atomic mass is 32.2. The highest BCUT2D eigenvalue weighted by Crippen LogP contribution is 2.35. The number of thiophene rings is 2. The monoisotopic (exact) mass is 328 g/mol. The molecule has 1 aliphatic carbocycles. The molecule has 7 heteroatoms. The van der Waals surface area contributed by atoms with Crippen LogP contribution in [0.25, 0.3) is 0 Å². The van der Waals surface area contributed by atoms with Crippen LogP contribution in [0.3, 0.4) is 0 Å². The largest absolute Gasteiger partial charge is 0.326 e. The lowest BCUT2D eigenvalue weighted by Crippen LogP contribution is -2.32. The Kier molecular flexibility index (Phi) is 3.96. The van der Waals surface area contributed by atoms with Gasteiger partial charge in [-0.25, -0.2) is 8.42 Å². The van der Waals surface area contributed by atoms with Crippen molar-refractivity contribution < 1.29 is 8.42 Å². The summed E-state index contributed by atoms with van der Waals surface area (Å²) in [5, 5.41) is 3.67. The van der Waals surface area contributed by atoms with E-state index in [1.807, 2.05) is 17.5 Å². The predicted molar refractivity (Wildman–Crippen MR) is 82.3 cm³/mol. The van der Waals surface area contributed by atoms with E-state index in [9.17, 15) is 8.42 Å². The standard InChI is InChI=1S/C13H16N2O2S3/c14-7-12-6-13(9-19-12)20(16,17)15(10-3-4-10)8-11-2-1-5-18-11/h1-2,5-6,9-10H,3-4,7-8,14H2. The topological polar surface area (TPSA) is 63.4 Å². The number of rotatable bonds is 6. The van der Waals surface area contributed by atoms with E-state index >= 15 is 0 Å². The Balaban J connectivity index is 1.89. The molecule has 2 aromatic heterocycles. The SMILES string of the molecule is NCc1cc(S(=O)(=O)N(Cc2cccs2)C2CC2)cs1. The molecule has 1 saturated carbocycles.